The molecule has 1 N–H and O–H groups in total. The first-order valence-electron chi connectivity index (χ1n) is 9.04. The van der Waals surface area contributed by atoms with Gasteiger partial charge in [-0.2, -0.15) is 0 Å². The number of carbonyl (C=O) groups excluding carboxylic acids is 2. The van der Waals surface area contributed by atoms with Crippen LogP contribution in [0, 0.1) is 0 Å². The molecule has 4 nitrogen and oxygen atoms in total. The Hall–Kier alpha value is -2.33. The van der Waals surface area contributed by atoms with E-state index in [1.165, 1.54) is 5.56 Å². The van der Waals surface area contributed by atoms with Crippen LogP contribution in [0.1, 0.15) is 37.3 Å². The van der Waals surface area contributed by atoms with Gasteiger partial charge in [0, 0.05) is 25.1 Å². The van der Waals surface area contributed by atoms with Crippen molar-refractivity contribution in [2.75, 3.05) is 16.8 Å². The van der Waals surface area contributed by atoms with E-state index < -0.39 is 0 Å². The summed E-state index contributed by atoms with van der Waals surface area (Å²) in [4.78, 5) is 25.7. The number of carbonyl (C=O) groups is 2. The van der Waals surface area contributed by atoms with E-state index in [-0.39, 0.29) is 11.8 Å². The Morgan fingerprint density at radius 3 is 2.50 bits per heavy atom. The van der Waals surface area contributed by atoms with Gasteiger partial charge < -0.3 is 10.2 Å². The molecule has 0 unspecified atom stereocenters. The van der Waals surface area contributed by atoms with E-state index in [0.717, 1.165) is 18.4 Å². The molecular weight excluding hydrogens is 348 g/mol. The monoisotopic (exact) mass is 370 g/mol. The van der Waals surface area contributed by atoms with Crippen LogP contribution < -0.4 is 10.2 Å². The molecule has 1 heterocycles. The first-order chi connectivity index (χ1) is 12.6. The number of nitrogens with zero attached hydrogens (tertiary/aromatic N) is 1. The Labute approximate surface area is 159 Å². The van der Waals surface area contributed by atoms with Gasteiger partial charge in [-0.1, -0.05) is 42.8 Å². The molecule has 0 atom stereocenters. The Morgan fingerprint density at radius 1 is 1.15 bits per heavy atom. The van der Waals surface area contributed by atoms with Gasteiger partial charge in [0.25, 0.3) is 0 Å². The molecule has 26 heavy (non-hydrogen) atoms. The van der Waals surface area contributed by atoms with Gasteiger partial charge in [-0.3, -0.25) is 9.59 Å². The molecule has 0 bridgehead atoms. The predicted molar refractivity (Wildman–Crippen MR) is 106 cm³/mol. The molecule has 1 aliphatic heterocycles. The topological polar surface area (TPSA) is 49.4 Å². The van der Waals surface area contributed by atoms with Gasteiger partial charge in [0.1, 0.15) is 0 Å². The highest BCUT2D eigenvalue weighted by atomic mass is 35.5. The van der Waals surface area contributed by atoms with Crippen molar-refractivity contribution in [2.45, 2.75) is 39.0 Å². The zero-order chi connectivity index (χ0) is 18.5. The van der Waals surface area contributed by atoms with Crippen molar-refractivity contribution in [1.29, 1.82) is 0 Å². The van der Waals surface area contributed by atoms with Crippen LogP contribution in [-0.2, 0) is 22.4 Å². The maximum atomic E-state index is 12.2. The molecule has 1 fully saturated rings. The molecule has 0 aromatic heterocycles. The van der Waals surface area contributed by atoms with Crippen molar-refractivity contribution in [3.05, 3.63) is 58.6 Å². The summed E-state index contributed by atoms with van der Waals surface area (Å²) in [7, 11) is 0. The van der Waals surface area contributed by atoms with E-state index in [4.69, 9.17) is 11.6 Å². The quantitative estimate of drug-likeness (QED) is 0.807. The lowest BCUT2D eigenvalue weighted by atomic mass is 10.1. The summed E-state index contributed by atoms with van der Waals surface area (Å²) in [5.41, 5.74) is 3.81. The molecule has 0 radical (unpaired) electrons. The van der Waals surface area contributed by atoms with E-state index in [1.807, 2.05) is 0 Å². The van der Waals surface area contributed by atoms with Crippen molar-refractivity contribution in [3.63, 3.8) is 0 Å². The summed E-state index contributed by atoms with van der Waals surface area (Å²) in [5.74, 6) is 0.0448. The molecule has 0 saturated carbocycles. The van der Waals surface area contributed by atoms with E-state index in [0.29, 0.717) is 42.2 Å². The summed E-state index contributed by atoms with van der Waals surface area (Å²) in [6.07, 6.45) is 3.54. The Bertz CT molecular complexity index is 802. The lowest BCUT2D eigenvalue weighted by molar-refractivity contribution is -0.117. The number of anilines is 2. The number of halogens is 1. The van der Waals surface area contributed by atoms with E-state index in [9.17, 15) is 9.59 Å². The highest BCUT2D eigenvalue weighted by Crippen LogP contribution is 2.31. The number of amides is 2. The Balaban J connectivity index is 1.57. The van der Waals surface area contributed by atoms with E-state index in [2.05, 4.69) is 36.5 Å². The third kappa shape index (κ3) is 4.44. The average Bonchev–Trinajstić information content (AvgIpc) is 3.06. The van der Waals surface area contributed by atoms with Gasteiger partial charge in [-0.05, 0) is 48.6 Å². The lowest BCUT2D eigenvalue weighted by Crippen LogP contribution is -2.24. The standard InChI is InChI=1S/C21H23ClN2O2/c1-2-15-5-7-16(8-6-15)9-12-20(25)23-17-10-11-19(18(22)14-17)24-13-3-4-21(24)26/h5-8,10-11,14H,2-4,9,12-13H2,1H3,(H,23,25). The van der Waals surface area contributed by atoms with Gasteiger partial charge >= 0.3 is 0 Å². The number of benzene rings is 2. The molecule has 1 saturated heterocycles. The predicted octanol–water partition coefficient (Wildman–Crippen LogP) is 4.60. The zero-order valence-electron chi connectivity index (χ0n) is 14.9. The maximum Gasteiger partial charge on any atom is 0.227 e. The smallest absolute Gasteiger partial charge is 0.227 e. The molecule has 0 aliphatic carbocycles. The molecule has 3 rings (SSSR count). The van der Waals surface area contributed by atoms with Gasteiger partial charge in [-0.15, -0.1) is 0 Å². The average molecular weight is 371 g/mol. The highest BCUT2D eigenvalue weighted by molar-refractivity contribution is 6.34. The van der Waals surface area contributed by atoms with Crippen molar-refractivity contribution < 1.29 is 9.59 Å². The fraction of sp³-hybridized carbons (Fsp3) is 0.333. The Kier molecular flexibility index (Phi) is 5.94. The molecule has 5 heteroatoms. The first-order valence-corrected chi connectivity index (χ1v) is 9.42. The molecule has 0 spiro atoms. The summed E-state index contributed by atoms with van der Waals surface area (Å²) in [6.45, 7) is 2.82. The van der Waals surface area contributed by atoms with Crippen LogP contribution in [0.15, 0.2) is 42.5 Å². The summed E-state index contributed by atoms with van der Waals surface area (Å²) in [6, 6.07) is 13.6. The first kappa shape index (κ1) is 18.5. The van der Waals surface area contributed by atoms with Crippen molar-refractivity contribution in [2.24, 2.45) is 0 Å². The number of rotatable bonds is 6. The largest absolute Gasteiger partial charge is 0.326 e. The van der Waals surface area contributed by atoms with E-state index in [1.54, 1.807) is 23.1 Å². The summed E-state index contributed by atoms with van der Waals surface area (Å²) < 4.78 is 0. The minimum atomic E-state index is -0.0503. The normalized spacial score (nSPS) is 13.9. The van der Waals surface area contributed by atoms with Gasteiger partial charge in [0.15, 0.2) is 0 Å². The van der Waals surface area contributed by atoms with Gasteiger partial charge in [-0.25, -0.2) is 0 Å². The second-order valence-electron chi connectivity index (χ2n) is 6.53. The van der Waals surface area contributed by atoms with Crippen LogP contribution in [0.3, 0.4) is 0 Å². The van der Waals surface area contributed by atoms with Crippen LogP contribution >= 0.6 is 11.6 Å². The van der Waals surface area contributed by atoms with Crippen molar-refractivity contribution >= 4 is 34.8 Å². The SMILES string of the molecule is CCc1ccc(CCC(=O)Nc2ccc(N3CCCC3=O)c(Cl)c2)cc1. The molecule has 2 aromatic carbocycles. The molecule has 2 aromatic rings. The molecule has 2 amide bonds. The molecule has 1 aliphatic rings. The fourth-order valence-corrected chi connectivity index (χ4v) is 3.41. The third-order valence-corrected chi connectivity index (χ3v) is 4.97. The van der Waals surface area contributed by atoms with Crippen molar-refractivity contribution in [1.82, 2.24) is 0 Å². The summed E-state index contributed by atoms with van der Waals surface area (Å²) >= 11 is 6.31. The van der Waals surface area contributed by atoms with Gasteiger partial charge in [0.05, 0.1) is 10.7 Å². The van der Waals surface area contributed by atoms with Crippen molar-refractivity contribution in [3.8, 4) is 0 Å². The van der Waals surface area contributed by atoms with Crippen LogP contribution in [0.4, 0.5) is 11.4 Å². The third-order valence-electron chi connectivity index (χ3n) is 4.67. The lowest BCUT2D eigenvalue weighted by Gasteiger charge is -2.18. The minimum Gasteiger partial charge on any atom is -0.326 e. The summed E-state index contributed by atoms with van der Waals surface area (Å²) in [5, 5.41) is 3.36. The second-order valence-corrected chi connectivity index (χ2v) is 6.94. The van der Waals surface area contributed by atoms with Crippen LogP contribution in [0.2, 0.25) is 5.02 Å². The van der Waals surface area contributed by atoms with Crippen LogP contribution in [-0.4, -0.2) is 18.4 Å². The highest BCUT2D eigenvalue weighted by Gasteiger charge is 2.23. The number of nitrogens with one attached hydrogen (secondary N) is 1. The fourth-order valence-electron chi connectivity index (χ4n) is 3.13. The maximum absolute atomic E-state index is 12.2. The zero-order valence-corrected chi connectivity index (χ0v) is 15.7. The number of aryl methyl sites for hydroxylation is 2. The Morgan fingerprint density at radius 2 is 1.88 bits per heavy atom. The van der Waals surface area contributed by atoms with Crippen LogP contribution in [0.25, 0.3) is 0 Å². The van der Waals surface area contributed by atoms with Gasteiger partial charge in [0.2, 0.25) is 11.8 Å². The number of hydrogen-bond donors (Lipinski definition) is 1. The minimum absolute atomic E-state index is 0.0503. The van der Waals surface area contributed by atoms with Crippen LogP contribution in [0.5, 0.6) is 0 Å². The number of hydrogen-bond acceptors (Lipinski definition) is 2. The van der Waals surface area contributed by atoms with E-state index >= 15 is 0 Å². The molecule has 136 valence electrons. The molecular formula is C21H23ClN2O2. The second kappa shape index (κ2) is 8.37.